The van der Waals surface area contributed by atoms with Crippen LogP contribution in [0.2, 0.25) is 5.02 Å². The summed E-state index contributed by atoms with van der Waals surface area (Å²) in [6, 6.07) is 11.2. The second-order valence-electron chi connectivity index (χ2n) is 5.37. The fourth-order valence-electron chi connectivity index (χ4n) is 2.15. The third-order valence-electron chi connectivity index (χ3n) is 3.35. The van der Waals surface area contributed by atoms with Crippen molar-refractivity contribution in [2.75, 3.05) is 5.32 Å². The van der Waals surface area contributed by atoms with Crippen molar-refractivity contribution in [1.29, 1.82) is 0 Å². The molecule has 0 aliphatic carbocycles. The molecule has 0 radical (unpaired) electrons. The Bertz CT molecular complexity index is 868. The van der Waals surface area contributed by atoms with Crippen LogP contribution in [0.1, 0.15) is 17.8 Å². The zero-order chi connectivity index (χ0) is 17.6. The lowest BCUT2D eigenvalue weighted by atomic mass is 10.2. The third-order valence-corrected chi connectivity index (χ3v) is 5.90. The molecule has 3 rings (SSSR count). The average Bonchev–Trinajstić information content (AvgIpc) is 3.01. The van der Waals surface area contributed by atoms with E-state index >= 15 is 0 Å². The Morgan fingerprint density at radius 2 is 2.20 bits per heavy atom. The molecule has 128 valence electrons. The van der Waals surface area contributed by atoms with E-state index in [1.807, 2.05) is 42.6 Å². The number of amides is 1. The van der Waals surface area contributed by atoms with Crippen molar-refractivity contribution in [1.82, 2.24) is 9.97 Å². The van der Waals surface area contributed by atoms with Gasteiger partial charge in [-0.05, 0) is 43.7 Å². The quantitative estimate of drug-likeness (QED) is 0.627. The number of thiazole rings is 1. The van der Waals surface area contributed by atoms with E-state index in [1.165, 1.54) is 11.8 Å². The van der Waals surface area contributed by atoms with Gasteiger partial charge in [0.15, 0.2) is 4.34 Å². The number of carbonyl (C=O) groups excluding carboxylic acids is 1. The number of benzene rings is 1. The van der Waals surface area contributed by atoms with Crippen molar-refractivity contribution in [3.8, 4) is 0 Å². The van der Waals surface area contributed by atoms with Crippen molar-refractivity contribution >= 4 is 46.3 Å². The number of carbonyl (C=O) groups is 1. The number of hydrogen-bond acceptors (Lipinski definition) is 5. The van der Waals surface area contributed by atoms with Crippen molar-refractivity contribution in [3.63, 3.8) is 0 Å². The summed E-state index contributed by atoms with van der Waals surface area (Å²) in [7, 11) is 0. The Morgan fingerprint density at radius 1 is 1.32 bits per heavy atom. The van der Waals surface area contributed by atoms with E-state index in [4.69, 9.17) is 11.6 Å². The molecule has 4 nitrogen and oxygen atoms in total. The first-order valence-electron chi connectivity index (χ1n) is 7.69. The summed E-state index contributed by atoms with van der Waals surface area (Å²) in [6.45, 7) is 1.96. The molecule has 2 heterocycles. The molecule has 0 aliphatic rings. The van der Waals surface area contributed by atoms with E-state index in [9.17, 15) is 4.79 Å². The van der Waals surface area contributed by atoms with Gasteiger partial charge in [0, 0.05) is 40.0 Å². The molecule has 0 fully saturated rings. The maximum absolute atomic E-state index is 12.1. The van der Waals surface area contributed by atoms with Gasteiger partial charge in [-0.25, -0.2) is 4.98 Å². The summed E-state index contributed by atoms with van der Waals surface area (Å²) in [5, 5.41) is 5.48. The molecular weight excluding hydrogens is 374 g/mol. The van der Waals surface area contributed by atoms with Crippen LogP contribution < -0.4 is 5.32 Å². The summed E-state index contributed by atoms with van der Waals surface area (Å²) >= 11 is 9.45. The standard InChI is InChI=1S/C18H16ClN3OS2/c1-12-11-24-18(21-12)25-16-7-5-14(10-15(16)19)22-17(23)8-6-13-4-2-3-9-20-13/h2-5,7,9-11H,6,8H2,1H3,(H,22,23). The van der Waals surface area contributed by atoms with Crippen molar-refractivity contribution in [3.05, 3.63) is 64.4 Å². The first kappa shape index (κ1) is 17.9. The summed E-state index contributed by atoms with van der Waals surface area (Å²) in [6.07, 6.45) is 2.72. The van der Waals surface area contributed by atoms with Gasteiger partial charge in [-0.15, -0.1) is 11.3 Å². The van der Waals surface area contributed by atoms with E-state index < -0.39 is 0 Å². The highest BCUT2D eigenvalue weighted by atomic mass is 35.5. The number of pyridine rings is 1. The summed E-state index contributed by atoms with van der Waals surface area (Å²) in [4.78, 5) is 21.6. The molecule has 7 heteroatoms. The predicted octanol–water partition coefficient (Wildman–Crippen LogP) is 5.22. The first-order chi connectivity index (χ1) is 12.1. The number of aromatic nitrogens is 2. The van der Waals surface area contributed by atoms with Gasteiger partial charge < -0.3 is 5.32 Å². The predicted molar refractivity (Wildman–Crippen MR) is 104 cm³/mol. The minimum absolute atomic E-state index is 0.0577. The number of nitrogens with one attached hydrogen (secondary N) is 1. The highest BCUT2D eigenvalue weighted by molar-refractivity contribution is 8.01. The highest BCUT2D eigenvalue weighted by Crippen LogP contribution is 2.36. The molecule has 2 aromatic heterocycles. The van der Waals surface area contributed by atoms with Gasteiger partial charge in [-0.1, -0.05) is 29.4 Å². The normalized spacial score (nSPS) is 10.6. The SMILES string of the molecule is Cc1csc(Sc2ccc(NC(=O)CCc3ccccn3)cc2Cl)n1. The van der Waals surface area contributed by atoms with Crippen LogP contribution in [0, 0.1) is 6.92 Å². The number of halogens is 1. The Balaban J connectivity index is 1.57. The lowest BCUT2D eigenvalue weighted by molar-refractivity contribution is -0.116. The molecule has 0 bridgehead atoms. The first-order valence-corrected chi connectivity index (χ1v) is 9.77. The highest BCUT2D eigenvalue weighted by Gasteiger charge is 2.09. The van der Waals surface area contributed by atoms with Gasteiger partial charge in [0.2, 0.25) is 5.91 Å². The molecule has 1 amide bonds. The van der Waals surface area contributed by atoms with Gasteiger partial charge >= 0.3 is 0 Å². The molecule has 0 saturated heterocycles. The lowest BCUT2D eigenvalue weighted by Gasteiger charge is -2.08. The molecular formula is C18H16ClN3OS2. The van der Waals surface area contributed by atoms with Crippen molar-refractivity contribution < 1.29 is 4.79 Å². The zero-order valence-corrected chi connectivity index (χ0v) is 15.9. The molecule has 1 aromatic carbocycles. The van der Waals surface area contributed by atoms with Gasteiger partial charge in [0.25, 0.3) is 0 Å². The van der Waals surface area contributed by atoms with Crippen LogP contribution >= 0.6 is 34.7 Å². The third kappa shape index (κ3) is 5.29. The number of nitrogens with zero attached hydrogens (tertiary/aromatic N) is 2. The maximum Gasteiger partial charge on any atom is 0.224 e. The van der Waals surface area contributed by atoms with Crippen LogP contribution in [0.5, 0.6) is 0 Å². The maximum atomic E-state index is 12.1. The molecule has 25 heavy (non-hydrogen) atoms. The number of hydrogen-bond donors (Lipinski definition) is 1. The molecule has 0 spiro atoms. The van der Waals surface area contributed by atoms with Crippen molar-refractivity contribution in [2.45, 2.75) is 29.0 Å². The van der Waals surface area contributed by atoms with E-state index in [1.54, 1.807) is 23.6 Å². The Morgan fingerprint density at radius 3 is 2.88 bits per heavy atom. The van der Waals surface area contributed by atoms with Gasteiger partial charge in [0.05, 0.1) is 5.02 Å². The van der Waals surface area contributed by atoms with Crippen LogP contribution in [0.4, 0.5) is 5.69 Å². The monoisotopic (exact) mass is 389 g/mol. The topological polar surface area (TPSA) is 54.9 Å². The van der Waals surface area contributed by atoms with Crippen LogP contribution in [-0.2, 0) is 11.2 Å². The van der Waals surface area contributed by atoms with E-state index in [-0.39, 0.29) is 5.91 Å². The fourth-order valence-corrected chi connectivity index (χ4v) is 4.24. The molecule has 1 N–H and O–H groups in total. The van der Waals surface area contributed by atoms with Crippen molar-refractivity contribution in [2.24, 2.45) is 0 Å². The number of aryl methyl sites for hydroxylation is 2. The second-order valence-corrected chi connectivity index (χ2v) is 7.93. The minimum atomic E-state index is -0.0577. The van der Waals surface area contributed by atoms with Gasteiger partial charge in [-0.2, -0.15) is 0 Å². The van der Waals surface area contributed by atoms with Crippen LogP contribution in [0.15, 0.2) is 57.2 Å². The smallest absolute Gasteiger partial charge is 0.224 e. The Labute approximate surface area is 159 Å². The molecule has 0 aliphatic heterocycles. The summed E-state index contributed by atoms with van der Waals surface area (Å²) in [5.41, 5.74) is 2.59. The largest absolute Gasteiger partial charge is 0.326 e. The van der Waals surface area contributed by atoms with Gasteiger partial charge in [-0.3, -0.25) is 9.78 Å². The lowest BCUT2D eigenvalue weighted by Crippen LogP contribution is -2.12. The molecule has 3 aromatic rings. The minimum Gasteiger partial charge on any atom is -0.326 e. The zero-order valence-electron chi connectivity index (χ0n) is 13.5. The van der Waals surface area contributed by atoms with E-state index in [0.29, 0.717) is 23.6 Å². The Kier molecular flexibility index (Phi) is 6.07. The number of anilines is 1. The van der Waals surface area contributed by atoms with Gasteiger partial charge in [0.1, 0.15) is 0 Å². The Hall–Kier alpha value is -1.89. The van der Waals surface area contributed by atoms with Crippen LogP contribution in [0.3, 0.4) is 0 Å². The molecule has 0 unspecified atom stereocenters. The average molecular weight is 390 g/mol. The molecule has 0 saturated carbocycles. The summed E-state index contributed by atoms with van der Waals surface area (Å²) in [5.74, 6) is -0.0577. The fraction of sp³-hybridized carbons (Fsp3) is 0.167. The second kappa shape index (κ2) is 8.47. The van der Waals surface area contributed by atoms with E-state index in [2.05, 4.69) is 15.3 Å². The number of rotatable bonds is 6. The van der Waals surface area contributed by atoms with E-state index in [0.717, 1.165) is 20.6 Å². The van der Waals surface area contributed by atoms with Crippen LogP contribution in [-0.4, -0.2) is 15.9 Å². The molecule has 0 atom stereocenters. The summed E-state index contributed by atoms with van der Waals surface area (Å²) < 4.78 is 0.951. The van der Waals surface area contributed by atoms with Crippen LogP contribution in [0.25, 0.3) is 0 Å².